The van der Waals surface area contributed by atoms with Crippen LogP contribution in [0.4, 0.5) is 16.2 Å². The first-order valence-electron chi connectivity index (χ1n) is 12.2. The molecule has 2 aromatic carbocycles. The number of hydrogen-bond donors (Lipinski definition) is 2. The van der Waals surface area contributed by atoms with Crippen molar-refractivity contribution in [3.05, 3.63) is 48.5 Å². The summed E-state index contributed by atoms with van der Waals surface area (Å²) < 4.78 is 58.7. The van der Waals surface area contributed by atoms with Crippen LogP contribution >= 0.6 is 0 Å². The summed E-state index contributed by atoms with van der Waals surface area (Å²) in [5, 5.41) is 5.23. The van der Waals surface area contributed by atoms with Crippen molar-refractivity contribution >= 4 is 37.6 Å². The number of unbranched alkanes of at least 4 members (excludes halogenated alkanes) is 6. The van der Waals surface area contributed by atoms with Crippen molar-refractivity contribution in [2.75, 3.05) is 22.1 Å². The summed E-state index contributed by atoms with van der Waals surface area (Å²) in [5.41, 5.74) is 0.766. The molecule has 0 aromatic heterocycles. The molecule has 2 N–H and O–H groups in total. The van der Waals surface area contributed by atoms with Gasteiger partial charge in [-0.3, -0.25) is 0 Å². The minimum atomic E-state index is -3.72. The summed E-state index contributed by atoms with van der Waals surface area (Å²) in [6.07, 6.45) is 6.71. The van der Waals surface area contributed by atoms with E-state index in [4.69, 9.17) is 8.37 Å². The molecule has 0 aliphatic heterocycles. The van der Waals surface area contributed by atoms with E-state index in [1.807, 2.05) is 6.92 Å². The number of nitrogens with one attached hydrogen (secondary N) is 2. The van der Waals surface area contributed by atoms with Crippen LogP contribution in [0, 0.1) is 0 Å². The zero-order valence-electron chi connectivity index (χ0n) is 20.9. The number of rotatable bonds is 16. The molecule has 0 fully saturated rings. The van der Waals surface area contributed by atoms with Gasteiger partial charge in [0.15, 0.2) is 0 Å². The average Bonchev–Trinajstić information content (AvgIpc) is 2.81. The molecule has 2 rings (SSSR count). The number of hydrogen-bond acceptors (Lipinski definition) is 7. The topological polar surface area (TPSA) is 128 Å². The quantitative estimate of drug-likeness (QED) is 0.200. The van der Waals surface area contributed by atoms with Gasteiger partial charge in [-0.15, -0.1) is 0 Å². The lowest BCUT2D eigenvalue weighted by molar-refractivity contribution is 0.262. The molecular formula is C25H36N2O7S2. The number of urea groups is 1. The number of anilines is 2. The minimum absolute atomic E-state index is 0.0433. The molecule has 0 saturated carbocycles. The van der Waals surface area contributed by atoms with Gasteiger partial charge >= 0.3 is 26.3 Å². The van der Waals surface area contributed by atoms with Crippen LogP contribution in [0.2, 0.25) is 0 Å². The third-order valence-corrected chi connectivity index (χ3v) is 7.62. The predicted molar refractivity (Wildman–Crippen MR) is 143 cm³/mol. The van der Waals surface area contributed by atoms with E-state index in [2.05, 4.69) is 17.6 Å². The number of benzene rings is 2. The predicted octanol–water partition coefficient (Wildman–Crippen LogP) is 5.91. The third-order valence-electron chi connectivity index (χ3n) is 5.15. The molecule has 9 nitrogen and oxygen atoms in total. The fourth-order valence-corrected chi connectivity index (χ4v) is 5.38. The zero-order chi connectivity index (χ0) is 26.4. The molecule has 0 aliphatic carbocycles. The molecule has 0 spiro atoms. The van der Waals surface area contributed by atoms with Crippen LogP contribution in [0.3, 0.4) is 0 Å². The van der Waals surface area contributed by atoms with Gasteiger partial charge in [-0.1, -0.05) is 58.4 Å². The minimum Gasteiger partial charge on any atom is -0.382 e. The molecule has 0 heterocycles. The van der Waals surface area contributed by atoms with Crippen LogP contribution in [0.5, 0.6) is 11.5 Å². The molecule has 2 aromatic rings. The smallest absolute Gasteiger partial charge is 0.323 e. The summed E-state index contributed by atoms with van der Waals surface area (Å²) in [6, 6.07) is 11.5. The van der Waals surface area contributed by atoms with E-state index in [1.165, 1.54) is 36.4 Å². The highest BCUT2D eigenvalue weighted by Crippen LogP contribution is 2.21. The van der Waals surface area contributed by atoms with Gasteiger partial charge < -0.3 is 19.0 Å². The van der Waals surface area contributed by atoms with Crippen molar-refractivity contribution in [2.24, 2.45) is 0 Å². The monoisotopic (exact) mass is 540 g/mol. The first-order valence-corrected chi connectivity index (χ1v) is 15.4. The summed E-state index contributed by atoms with van der Waals surface area (Å²) in [7, 11) is -7.39. The second-order valence-electron chi connectivity index (χ2n) is 8.44. The van der Waals surface area contributed by atoms with Gasteiger partial charge in [0.1, 0.15) is 11.5 Å². The lowest BCUT2D eigenvalue weighted by Crippen LogP contribution is -2.19. The number of carbonyl (C=O) groups is 1. The van der Waals surface area contributed by atoms with Crippen molar-refractivity contribution in [1.29, 1.82) is 0 Å². The Labute approximate surface area is 214 Å². The van der Waals surface area contributed by atoms with Crippen LogP contribution in [0.15, 0.2) is 48.5 Å². The fraction of sp³-hybridized carbons (Fsp3) is 0.480. The number of amides is 2. The highest BCUT2D eigenvalue weighted by atomic mass is 32.2. The molecule has 0 bridgehead atoms. The van der Waals surface area contributed by atoms with E-state index in [-0.39, 0.29) is 23.0 Å². The van der Waals surface area contributed by atoms with Crippen molar-refractivity contribution in [2.45, 2.75) is 65.2 Å². The van der Waals surface area contributed by atoms with E-state index < -0.39 is 26.3 Å². The van der Waals surface area contributed by atoms with E-state index in [9.17, 15) is 21.6 Å². The first kappa shape index (κ1) is 29.4. The Bertz CT molecular complexity index is 1170. The van der Waals surface area contributed by atoms with Crippen LogP contribution in [0.1, 0.15) is 65.2 Å². The van der Waals surface area contributed by atoms with Gasteiger partial charge in [-0.05, 0) is 49.2 Å². The lowest BCUT2D eigenvalue weighted by atomic mass is 10.2. The van der Waals surface area contributed by atoms with Crippen LogP contribution in [0.25, 0.3) is 0 Å². The van der Waals surface area contributed by atoms with Crippen molar-refractivity contribution in [3.63, 3.8) is 0 Å². The van der Waals surface area contributed by atoms with Gasteiger partial charge in [0, 0.05) is 17.4 Å². The molecule has 0 atom stereocenters. The van der Waals surface area contributed by atoms with Crippen molar-refractivity contribution < 1.29 is 30.0 Å². The summed E-state index contributed by atoms with van der Waals surface area (Å²) in [6.45, 7) is 4.10. The summed E-state index contributed by atoms with van der Waals surface area (Å²) in [5.74, 6) is 0.168. The molecular weight excluding hydrogens is 504 g/mol. The Morgan fingerprint density at radius 3 is 1.75 bits per heavy atom. The van der Waals surface area contributed by atoms with Gasteiger partial charge in [-0.25, -0.2) is 4.79 Å². The molecule has 200 valence electrons. The number of carbonyl (C=O) groups excluding carboxylic acids is 1. The molecule has 0 unspecified atom stereocenters. The lowest BCUT2D eigenvalue weighted by Gasteiger charge is -2.11. The van der Waals surface area contributed by atoms with Crippen molar-refractivity contribution in [3.8, 4) is 11.5 Å². The summed E-state index contributed by atoms with van der Waals surface area (Å²) >= 11 is 0. The van der Waals surface area contributed by atoms with Crippen LogP contribution in [-0.4, -0.2) is 34.4 Å². The van der Waals surface area contributed by atoms with E-state index >= 15 is 0 Å². The maximum atomic E-state index is 12.4. The van der Waals surface area contributed by atoms with Gasteiger partial charge in [0.05, 0.1) is 11.5 Å². The van der Waals surface area contributed by atoms with Gasteiger partial charge in [-0.2, -0.15) is 16.8 Å². The van der Waals surface area contributed by atoms with Crippen molar-refractivity contribution in [1.82, 2.24) is 0 Å². The molecule has 36 heavy (non-hydrogen) atoms. The van der Waals surface area contributed by atoms with Crippen LogP contribution in [-0.2, 0) is 20.2 Å². The molecule has 0 aliphatic rings. The second-order valence-corrected chi connectivity index (χ2v) is 11.8. The van der Waals surface area contributed by atoms with E-state index in [1.54, 1.807) is 12.1 Å². The summed E-state index contributed by atoms with van der Waals surface area (Å²) in [4.78, 5) is 12.4. The van der Waals surface area contributed by atoms with Gasteiger partial charge in [0.25, 0.3) is 0 Å². The second kappa shape index (κ2) is 14.7. The largest absolute Gasteiger partial charge is 0.382 e. The van der Waals surface area contributed by atoms with Crippen LogP contribution < -0.4 is 19.0 Å². The first-order chi connectivity index (χ1) is 17.1. The van der Waals surface area contributed by atoms with E-state index in [0.717, 1.165) is 38.5 Å². The highest BCUT2D eigenvalue weighted by Gasteiger charge is 2.14. The highest BCUT2D eigenvalue weighted by molar-refractivity contribution is 7.87. The Kier molecular flexibility index (Phi) is 12.0. The maximum Gasteiger partial charge on any atom is 0.323 e. The Morgan fingerprint density at radius 1 is 0.667 bits per heavy atom. The molecule has 0 radical (unpaired) electrons. The Hall–Kier alpha value is -2.79. The Balaban J connectivity index is 1.87. The maximum absolute atomic E-state index is 12.4. The SMILES string of the molecule is CCCCCCS(=O)(=O)Oc1ccc(NC(=O)Nc2cccc(OS(=O)(=O)CCCCCC)c2)cc1. The average molecular weight is 541 g/mol. The fourth-order valence-electron chi connectivity index (χ4n) is 3.30. The Morgan fingerprint density at radius 2 is 1.19 bits per heavy atom. The van der Waals surface area contributed by atoms with E-state index in [0.29, 0.717) is 24.2 Å². The zero-order valence-corrected chi connectivity index (χ0v) is 22.5. The molecule has 11 heteroatoms. The standard InChI is InChI=1S/C25H36N2O7S2/c1-3-5-7-9-18-35(29,30)33-23-16-14-21(15-17-23)26-25(28)27-22-12-11-13-24(20-22)34-36(31,32)19-10-8-6-4-2/h11-17,20H,3-10,18-19H2,1-2H3,(H2,26,27,28). The molecule has 2 amide bonds. The third kappa shape index (κ3) is 11.8. The molecule has 0 saturated heterocycles. The normalized spacial score (nSPS) is 11.6. The van der Waals surface area contributed by atoms with Gasteiger partial charge in [0.2, 0.25) is 0 Å².